The Morgan fingerprint density at radius 1 is 1.53 bits per heavy atom. The van der Waals surface area contributed by atoms with Crippen LogP contribution in [0.2, 0.25) is 5.02 Å². The van der Waals surface area contributed by atoms with E-state index in [0.29, 0.717) is 17.1 Å². The topological polar surface area (TPSA) is 46.3 Å². The van der Waals surface area contributed by atoms with Crippen LogP contribution in [0.25, 0.3) is 0 Å². The Kier molecular flexibility index (Phi) is 3.69. The lowest BCUT2D eigenvalue weighted by Gasteiger charge is -2.31. The molecular formula is C13H17ClN2O. The van der Waals surface area contributed by atoms with E-state index in [2.05, 4.69) is 0 Å². The van der Waals surface area contributed by atoms with E-state index in [4.69, 9.17) is 17.3 Å². The molecule has 1 atom stereocenters. The molecule has 1 aliphatic rings. The van der Waals surface area contributed by atoms with Crippen LogP contribution in [0.1, 0.15) is 28.8 Å². The minimum Gasteiger partial charge on any atom is -0.337 e. The molecule has 0 spiro atoms. The van der Waals surface area contributed by atoms with Gasteiger partial charge in [0.05, 0.1) is 10.6 Å². The number of carbonyl (C=O) groups excluding carboxylic acids is 1. The molecule has 17 heavy (non-hydrogen) atoms. The van der Waals surface area contributed by atoms with E-state index in [1.165, 1.54) is 0 Å². The Morgan fingerprint density at radius 3 is 3.00 bits per heavy atom. The van der Waals surface area contributed by atoms with Crippen LogP contribution in [0.5, 0.6) is 0 Å². The largest absolute Gasteiger partial charge is 0.337 e. The summed E-state index contributed by atoms with van der Waals surface area (Å²) in [5, 5.41) is 0.552. The van der Waals surface area contributed by atoms with Gasteiger partial charge in [0.2, 0.25) is 0 Å². The van der Waals surface area contributed by atoms with Crippen molar-refractivity contribution in [1.82, 2.24) is 4.90 Å². The van der Waals surface area contributed by atoms with Gasteiger partial charge in [-0.05, 0) is 31.4 Å². The molecule has 1 aromatic rings. The number of likely N-dealkylation sites (tertiary alicyclic amines) is 1. The summed E-state index contributed by atoms with van der Waals surface area (Å²) < 4.78 is 0. The lowest BCUT2D eigenvalue weighted by molar-refractivity contribution is 0.0709. The van der Waals surface area contributed by atoms with E-state index in [1.807, 2.05) is 19.1 Å². The van der Waals surface area contributed by atoms with Crippen molar-refractivity contribution in [3.63, 3.8) is 0 Å². The Hall–Kier alpha value is -1.06. The predicted octanol–water partition coefficient (Wildman–Crippen LogP) is 2.21. The molecule has 2 rings (SSSR count). The zero-order valence-corrected chi connectivity index (χ0v) is 10.7. The Labute approximate surface area is 107 Å². The first-order chi connectivity index (χ1) is 8.09. The predicted molar refractivity (Wildman–Crippen MR) is 69.3 cm³/mol. The molecule has 0 radical (unpaired) electrons. The number of benzene rings is 1. The Morgan fingerprint density at radius 2 is 2.29 bits per heavy atom. The number of carbonyl (C=O) groups is 1. The fraction of sp³-hybridized carbons (Fsp3) is 0.462. The van der Waals surface area contributed by atoms with Gasteiger partial charge in [0, 0.05) is 19.1 Å². The molecule has 2 N–H and O–H groups in total. The number of nitrogens with two attached hydrogens (primary N) is 1. The first-order valence-electron chi connectivity index (χ1n) is 5.89. The third-order valence-corrected chi connectivity index (χ3v) is 3.67. The lowest BCUT2D eigenvalue weighted by atomic mass is 10.0. The van der Waals surface area contributed by atoms with Crippen molar-refractivity contribution in [2.45, 2.75) is 25.8 Å². The van der Waals surface area contributed by atoms with Gasteiger partial charge in [-0.25, -0.2) is 0 Å². The van der Waals surface area contributed by atoms with Gasteiger partial charge in [0.15, 0.2) is 0 Å². The van der Waals surface area contributed by atoms with Crippen LogP contribution < -0.4 is 5.73 Å². The van der Waals surface area contributed by atoms with Crippen molar-refractivity contribution in [3.8, 4) is 0 Å². The number of aryl methyl sites for hydroxylation is 1. The molecule has 1 aliphatic heterocycles. The summed E-state index contributed by atoms with van der Waals surface area (Å²) in [4.78, 5) is 14.1. The van der Waals surface area contributed by atoms with Crippen molar-refractivity contribution in [2.75, 3.05) is 13.1 Å². The number of amides is 1. The smallest absolute Gasteiger partial charge is 0.255 e. The fourth-order valence-electron chi connectivity index (χ4n) is 2.18. The third kappa shape index (κ3) is 2.61. The molecule has 1 unspecified atom stereocenters. The number of nitrogens with zero attached hydrogens (tertiary/aromatic N) is 1. The average molecular weight is 253 g/mol. The van der Waals surface area contributed by atoms with Gasteiger partial charge < -0.3 is 10.6 Å². The van der Waals surface area contributed by atoms with Crippen molar-refractivity contribution in [3.05, 3.63) is 34.3 Å². The molecule has 0 bridgehead atoms. The highest BCUT2D eigenvalue weighted by Gasteiger charge is 2.23. The van der Waals surface area contributed by atoms with E-state index in [-0.39, 0.29) is 11.9 Å². The summed E-state index contributed by atoms with van der Waals surface area (Å²) in [6.07, 6.45) is 1.96. The van der Waals surface area contributed by atoms with Crippen LogP contribution in [-0.4, -0.2) is 29.9 Å². The second kappa shape index (κ2) is 5.07. The van der Waals surface area contributed by atoms with Crippen molar-refractivity contribution in [2.24, 2.45) is 5.73 Å². The molecule has 1 saturated heterocycles. The van der Waals surface area contributed by atoms with Crippen molar-refractivity contribution >= 4 is 17.5 Å². The molecule has 1 heterocycles. The summed E-state index contributed by atoms with van der Waals surface area (Å²) in [6.45, 7) is 3.31. The van der Waals surface area contributed by atoms with Gasteiger partial charge in [-0.15, -0.1) is 0 Å². The number of hydrogen-bond acceptors (Lipinski definition) is 2. The van der Waals surface area contributed by atoms with Gasteiger partial charge in [0.25, 0.3) is 5.91 Å². The summed E-state index contributed by atoms with van der Waals surface area (Å²) in [7, 11) is 0. The first-order valence-corrected chi connectivity index (χ1v) is 6.27. The van der Waals surface area contributed by atoms with Crippen LogP contribution in [-0.2, 0) is 0 Å². The SMILES string of the molecule is Cc1cccc(C(=O)N2CCCC(N)C2)c1Cl. The van der Waals surface area contributed by atoms with E-state index < -0.39 is 0 Å². The highest BCUT2D eigenvalue weighted by Crippen LogP contribution is 2.23. The van der Waals surface area contributed by atoms with Crippen LogP contribution >= 0.6 is 11.6 Å². The third-order valence-electron chi connectivity index (χ3n) is 3.17. The molecule has 0 saturated carbocycles. The summed E-state index contributed by atoms with van der Waals surface area (Å²) in [6, 6.07) is 5.63. The van der Waals surface area contributed by atoms with E-state index in [0.717, 1.165) is 24.9 Å². The fourth-order valence-corrected chi connectivity index (χ4v) is 2.38. The molecule has 0 aliphatic carbocycles. The maximum Gasteiger partial charge on any atom is 0.255 e. The molecule has 1 amide bonds. The van der Waals surface area contributed by atoms with Crippen molar-refractivity contribution < 1.29 is 4.79 Å². The Balaban J connectivity index is 2.22. The van der Waals surface area contributed by atoms with E-state index >= 15 is 0 Å². The lowest BCUT2D eigenvalue weighted by Crippen LogP contribution is -2.45. The zero-order chi connectivity index (χ0) is 12.4. The Bertz CT molecular complexity index is 433. The average Bonchev–Trinajstić information content (AvgIpc) is 2.32. The van der Waals surface area contributed by atoms with Gasteiger partial charge >= 0.3 is 0 Å². The minimum absolute atomic E-state index is 0.00569. The molecule has 1 aromatic carbocycles. The van der Waals surface area contributed by atoms with E-state index in [9.17, 15) is 4.79 Å². The van der Waals surface area contributed by atoms with Gasteiger partial charge in [0.1, 0.15) is 0 Å². The van der Waals surface area contributed by atoms with Crippen LogP contribution in [0.4, 0.5) is 0 Å². The van der Waals surface area contributed by atoms with Crippen molar-refractivity contribution in [1.29, 1.82) is 0 Å². The quantitative estimate of drug-likeness (QED) is 0.833. The molecule has 1 fully saturated rings. The molecular weight excluding hydrogens is 236 g/mol. The van der Waals surface area contributed by atoms with Crippen LogP contribution in [0.3, 0.4) is 0 Å². The van der Waals surface area contributed by atoms with Gasteiger partial charge in [-0.3, -0.25) is 4.79 Å². The molecule has 4 heteroatoms. The molecule has 92 valence electrons. The summed E-state index contributed by atoms with van der Waals surface area (Å²) in [5.41, 5.74) is 7.40. The maximum atomic E-state index is 12.3. The zero-order valence-electron chi connectivity index (χ0n) is 9.95. The van der Waals surface area contributed by atoms with Crippen LogP contribution in [0.15, 0.2) is 18.2 Å². The highest BCUT2D eigenvalue weighted by atomic mass is 35.5. The number of piperidine rings is 1. The molecule has 3 nitrogen and oxygen atoms in total. The second-order valence-corrected chi connectivity index (χ2v) is 4.97. The monoisotopic (exact) mass is 252 g/mol. The summed E-state index contributed by atoms with van der Waals surface area (Å²) >= 11 is 6.16. The summed E-state index contributed by atoms with van der Waals surface area (Å²) in [5.74, 6) is -0.00569. The van der Waals surface area contributed by atoms with E-state index in [1.54, 1.807) is 11.0 Å². The maximum absolute atomic E-state index is 12.3. The second-order valence-electron chi connectivity index (χ2n) is 4.59. The standard InChI is InChI=1S/C13H17ClN2O/c1-9-4-2-6-11(12(9)14)13(17)16-7-3-5-10(15)8-16/h2,4,6,10H,3,5,7-8,15H2,1H3. The number of halogens is 1. The number of hydrogen-bond donors (Lipinski definition) is 1. The molecule has 0 aromatic heterocycles. The van der Waals surface area contributed by atoms with Gasteiger partial charge in [-0.2, -0.15) is 0 Å². The number of rotatable bonds is 1. The van der Waals surface area contributed by atoms with Gasteiger partial charge in [-0.1, -0.05) is 23.7 Å². The highest BCUT2D eigenvalue weighted by molar-refractivity contribution is 6.34. The normalized spacial score (nSPS) is 20.4. The first kappa shape index (κ1) is 12.4. The van der Waals surface area contributed by atoms with Crippen LogP contribution in [0, 0.1) is 6.92 Å². The minimum atomic E-state index is -0.00569.